The zero-order chi connectivity index (χ0) is 17.2. The highest BCUT2D eigenvalue weighted by atomic mass is 35.5. The lowest BCUT2D eigenvalue weighted by Crippen LogP contribution is -1.98. The topological polar surface area (TPSA) is 56.2 Å². The van der Waals surface area contributed by atoms with Crippen LogP contribution < -0.4 is 5.73 Å². The molecule has 0 bridgehead atoms. The van der Waals surface area contributed by atoms with E-state index in [-0.39, 0.29) is 18.2 Å². The number of hydrogen-bond acceptors (Lipinski definition) is 4. The highest BCUT2D eigenvalue weighted by Gasteiger charge is 2.13. The predicted octanol–water partition coefficient (Wildman–Crippen LogP) is 4.57. The lowest BCUT2D eigenvalue weighted by atomic mass is 10.2. The summed E-state index contributed by atoms with van der Waals surface area (Å²) in [6.45, 7) is 0.485. The maximum atomic E-state index is 14.1. The van der Waals surface area contributed by atoms with Crippen LogP contribution in [0.4, 0.5) is 4.39 Å². The molecule has 0 saturated heterocycles. The molecule has 2 N–H and O–H groups in total. The molecule has 4 rings (SSSR count). The van der Waals surface area contributed by atoms with Gasteiger partial charge in [-0.05, 0) is 35.9 Å². The molecule has 4 nitrogen and oxygen atoms in total. The van der Waals surface area contributed by atoms with E-state index in [1.807, 2.05) is 47.0 Å². The number of nitrogens with zero attached hydrogens (tertiary/aromatic N) is 3. The van der Waals surface area contributed by atoms with Crippen LogP contribution in [-0.4, -0.2) is 14.6 Å². The van der Waals surface area contributed by atoms with Gasteiger partial charge in [0, 0.05) is 22.5 Å². The number of nitrogens with two attached hydrogens (primary N) is 1. The number of hydrogen-bond donors (Lipinski definition) is 1. The van der Waals surface area contributed by atoms with E-state index in [1.165, 1.54) is 6.07 Å². The third-order valence-corrected chi connectivity index (χ3v) is 5.01. The summed E-state index contributed by atoms with van der Waals surface area (Å²) in [5, 5.41) is 8.29. The number of pyridine rings is 1. The Morgan fingerprint density at radius 1 is 0.962 bits per heavy atom. The van der Waals surface area contributed by atoms with E-state index in [1.54, 1.807) is 30.0 Å². The first-order chi connectivity index (χ1) is 12.3. The Morgan fingerprint density at radius 3 is 2.54 bits per heavy atom. The molecule has 7 heteroatoms. The van der Waals surface area contributed by atoms with Crippen molar-refractivity contribution in [2.45, 2.75) is 16.3 Å². The molecular formula is C19H16ClFN4S. The van der Waals surface area contributed by atoms with Gasteiger partial charge in [0.1, 0.15) is 5.82 Å². The average Bonchev–Trinajstić information content (AvgIpc) is 3.06. The Kier molecular flexibility index (Phi) is 5.56. The summed E-state index contributed by atoms with van der Waals surface area (Å²) in [6.07, 6.45) is 1.93. The maximum absolute atomic E-state index is 14.1. The van der Waals surface area contributed by atoms with E-state index >= 15 is 0 Å². The van der Waals surface area contributed by atoms with Crippen molar-refractivity contribution in [2.24, 2.45) is 5.73 Å². The predicted molar refractivity (Wildman–Crippen MR) is 104 cm³/mol. The van der Waals surface area contributed by atoms with Crippen LogP contribution in [0.25, 0.3) is 17.0 Å². The Balaban J connectivity index is 0.00000196. The molecule has 0 radical (unpaired) electrons. The Morgan fingerprint density at radius 2 is 1.73 bits per heavy atom. The normalized spacial score (nSPS) is 10.7. The molecule has 2 aromatic carbocycles. The second-order valence-corrected chi connectivity index (χ2v) is 6.63. The third-order valence-electron chi connectivity index (χ3n) is 3.91. The number of fused-ring (bicyclic) bond motifs is 1. The van der Waals surface area contributed by atoms with Gasteiger partial charge in [-0.2, -0.15) is 0 Å². The molecule has 0 spiro atoms. The molecule has 4 aromatic rings. The fourth-order valence-electron chi connectivity index (χ4n) is 2.66. The van der Waals surface area contributed by atoms with Crippen LogP contribution in [0.2, 0.25) is 0 Å². The van der Waals surface area contributed by atoms with Crippen molar-refractivity contribution in [3.8, 4) is 11.4 Å². The number of rotatable bonds is 4. The van der Waals surface area contributed by atoms with Crippen molar-refractivity contribution in [2.75, 3.05) is 0 Å². The van der Waals surface area contributed by atoms with E-state index in [9.17, 15) is 4.39 Å². The third kappa shape index (κ3) is 3.44. The van der Waals surface area contributed by atoms with Crippen LogP contribution in [-0.2, 0) is 6.54 Å². The number of halogens is 2. The van der Waals surface area contributed by atoms with Gasteiger partial charge in [-0.15, -0.1) is 22.6 Å². The summed E-state index contributed by atoms with van der Waals surface area (Å²) in [5.41, 5.74) is 8.01. The van der Waals surface area contributed by atoms with Gasteiger partial charge in [0.05, 0.1) is 5.56 Å². The minimum absolute atomic E-state index is 0. The van der Waals surface area contributed by atoms with Crippen LogP contribution in [0.15, 0.2) is 76.7 Å². The highest BCUT2D eigenvalue weighted by molar-refractivity contribution is 7.99. The van der Waals surface area contributed by atoms with Crippen LogP contribution in [0, 0.1) is 5.82 Å². The molecule has 0 unspecified atom stereocenters. The summed E-state index contributed by atoms with van der Waals surface area (Å²) in [6, 6.07) is 18.5. The van der Waals surface area contributed by atoms with Crippen LogP contribution >= 0.6 is 24.2 Å². The molecule has 0 aliphatic rings. The molecule has 2 aromatic heterocycles. The SMILES string of the molecule is Cl.NCc1ccccc1Sc1ccc2nnc(-c3ccccc3F)n2c1. The van der Waals surface area contributed by atoms with E-state index in [0.717, 1.165) is 15.4 Å². The molecule has 0 atom stereocenters. The van der Waals surface area contributed by atoms with Gasteiger partial charge >= 0.3 is 0 Å². The zero-order valence-electron chi connectivity index (χ0n) is 13.7. The van der Waals surface area contributed by atoms with Crippen molar-refractivity contribution in [3.05, 3.63) is 78.2 Å². The van der Waals surface area contributed by atoms with Crippen molar-refractivity contribution < 1.29 is 4.39 Å². The molecule has 0 fully saturated rings. The summed E-state index contributed by atoms with van der Waals surface area (Å²) >= 11 is 1.61. The van der Waals surface area contributed by atoms with E-state index < -0.39 is 0 Å². The fourth-order valence-corrected chi connectivity index (χ4v) is 3.63. The second kappa shape index (κ2) is 7.86. The van der Waals surface area contributed by atoms with Gasteiger partial charge < -0.3 is 5.73 Å². The monoisotopic (exact) mass is 386 g/mol. The van der Waals surface area contributed by atoms with Gasteiger partial charge in [0.15, 0.2) is 11.5 Å². The van der Waals surface area contributed by atoms with Crippen LogP contribution in [0.1, 0.15) is 5.56 Å². The van der Waals surface area contributed by atoms with Gasteiger partial charge in [-0.3, -0.25) is 4.40 Å². The zero-order valence-corrected chi connectivity index (χ0v) is 15.3. The molecule has 0 aliphatic carbocycles. The lowest BCUT2D eigenvalue weighted by molar-refractivity contribution is 0.629. The Labute approximate surface area is 160 Å². The first-order valence-corrected chi connectivity index (χ1v) is 8.63. The summed E-state index contributed by atoms with van der Waals surface area (Å²) in [4.78, 5) is 2.11. The highest BCUT2D eigenvalue weighted by Crippen LogP contribution is 2.31. The van der Waals surface area contributed by atoms with Gasteiger partial charge in [-0.25, -0.2) is 4.39 Å². The molecule has 0 saturated carbocycles. The average molecular weight is 387 g/mol. The molecule has 0 aliphatic heterocycles. The lowest BCUT2D eigenvalue weighted by Gasteiger charge is -2.08. The first-order valence-electron chi connectivity index (χ1n) is 7.82. The summed E-state index contributed by atoms with van der Waals surface area (Å²) in [7, 11) is 0. The van der Waals surface area contributed by atoms with Crippen molar-refractivity contribution in [1.82, 2.24) is 14.6 Å². The van der Waals surface area contributed by atoms with Gasteiger partial charge in [0.2, 0.25) is 0 Å². The van der Waals surface area contributed by atoms with E-state index in [0.29, 0.717) is 23.6 Å². The van der Waals surface area contributed by atoms with Crippen LogP contribution in [0.3, 0.4) is 0 Å². The van der Waals surface area contributed by atoms with Gasteiger partial charge in [-0.1, -0.05) is 42.1 Å². The molecular weight excluding hydrogens is 371 g/mol. The van der Waals surface area contributed by atoms with Crippen molar-refractivity contribution >= 4 is 29.8 Å². The molecule has 2 heterocycles. The standard InChI is InChI=1S/C19H15FN4S.ClH/c20-16-7-3-2-6-15(16)19-23-22-18-10-9-14(12-24(18)19)25-17-8-4-1-5-13(17)11-21;/h1-10,12H,11,21H2;1H. The fraction of sp³-hybridized carbons (Fsp3) is 0.0526. The minimum Gasteiger partial charge on any atom is -0.326 e. The largest absolute Gasteiger partial charge is 0.326 e. The summed E-state index contributed by atoms with van der Waals surface area (Å²) < 4.78 is 15.9. The molecule has 26 heavy (non-hydrogen) atoms. The number of benzene rings is 2. The van der Waals surface area contributed by atoms with Crippen LogP contribution in [0.5, 0.6) is 0 Å². The van der Waals surface area contributed by atoms with E-state index in [4.69, 9.17) is 5.73 Å². The van der Waals surface area contributed by atoms with Crippen molar-refractivity contribution in [3.63, 3.8) is 0 Å². The van der Waals surface area contributed by atoms with Gasteiger partial charge in [0.25, 0.3) is 0 Å². The smallest absolute Gasteiger partial charge is 0.171 e. The Bertz CT molecular complexity index is 1050. The minimum atomic E-state index is -0.316. The molecule has 132 valence electrons. The second-order valence-electron chi connectivity index (χ2n) is 5.51. The summed E-state index contributed by atoms with van der Waals surface area (Å²) in [5.74, 6) is 0.172. The Hall–Kier alpha value is -2.41. The van der Waals surface area contributed by atoms with E-state index in [2.05, 4.69) is 10.2 Å². The maximum Gasteiger partial charge on any atom is 0.171 e. The first kappa shape index (κ1) is 18.4. The molecule has 0 amide bonds. The quantitative estimate of drug-likeness (QED) is 0.558. The van der Waals surface area contributed by atoms with Crippen molar-refractivity contribution in [1.29, 1.82) is 0 Å². The number of aromatic nitrogens is 3.